The molecular weight excluding hydrogens is 246 g/mol. The van der Waals surface area contributed by atoms with Crippen LogP contribution in [0.15, 0.2) is 30.3 Å². The monoisotopic (exact) mass is 265 g/mol. The number of anilines is 1. The van der Waals surface area contributed by atoms with Crippen LogP contribution in [-0.2, 0) is 9.53 Å². The Morgan fingerprint density at radius 1 is 1.16 bits per heavy atom. The first-order chi connectivity index (χ1) is 9.22. The summed E-state index contributed by atoms with van der Waals surface area (Å²) in [5.41, 5.74) is 0.681. The highest BCUT2D eigenvalue weighted by Crippen LogP contribution is 2.03. The maximum atomic E-state index is 11.5. The SMILES string of the molecule is COCCCNC(=O)CNC(=O)Nc1ccccc1. The van der Waals surface area contributed by atoms with Gasteiger partial charge in [-0.3, -0.25) is 4.79 Å². The Morgan fingerprint density at radius 2 is 1.89 bits per heavy atom. The molecule has 6 nitrogen and oxygen atoms in total. The average molecular weight is 265 g/mol. The Kier molecular flexibility index (Phi) is 7.04. The van der Waals surface area contributed by atoms with E-state index in [1.807, 2.05) is 18.2 Å². The zero-order chi connectivity index (χ0) is 13.9. The number of amides is 3. The molecule has 0 unspecified atom stereocenters. The van der Waals surface area contributed by atoms with E-state index in [-0.39, 0.29) is 12.5 Å². The number of hydrogen-bond acceptors (Lipinski definition) is 3. The fraction of sp³-hybridized carbons (Fsp3) is 0.385. The number of rotatable bonds is 7. The summed E-state index contributed by atoms with van der Waals surface area (Å²) >= 11 is 0. The molecule has 1 aromatic carbocycles. The Labute approximate surface area is 112 Å². The van der Waals surface area contributed by atoms with Gasteiger partial charge in [-0.05, 0) is 18.6 Å². The summed E-state index contributed by atoms with van der Waals surface area (Å²) in [6, 6.07) is 8.62. The molecule has 3 amide bonds. The minimum absolute atomic E-state index is 0.0500. The van der Waals surface area contributed by atoms with Crippen molar-refractivity contribution in [3.63, 3.8) is 0 Å². The van der Waals surface area contributed by atoms with Gasteiger partial charge in [0.05, 0.1) is 6.54 Å². The summed E-state index contributed by atoms with van der Waals surface area (Å²) in [6.07, 6.45) is 0.748. The van der Waals surface area contributed by atoms with Crippen LogP contribution in [0.25, 0.3) is 0 Å². The molecule has 1 aromatic rings. The predicted molar refractivity (Wildman–Crippen MR) is 73.0 cm³/mol. The van der Waals surface area contributed by atoms with E-state index >= 15 is 0 Å². The molecule has 0 heterocycles. The van der Waals surface area contributed by atoms with Gasteiger partial charge in [-0.25, -0.2) is 4.79 Å². The number of carbonyl (C=O) groups is 2. The maximum absolute atomic E-state index is 11.5. The Balaban J connectivity index is 2.14. The predicted octanol–water partition coefficient (Wildman–Crippen LogP) is 0.961. The lowest BCUT2D eigenvalue weighted by atomic mass is 10.3. The molecule has 0 atom stereocenters. The van der Waals surface area contributed by atoms with Crippen LogP contribution >= 0.6 is 0 Å². The summed E-state index contributed by atoms with van der Waals surface area (Å²) in [5, 5.41) is 7.78. The third kappa shape index (κ3) is 7.05. The first-order valence-corrected chi connectivity index (χ1v) is 6.08. The lowest BCUT2D eigenvalue weighted by Crippen LogP contribution is -2.39. The zero-order valence-corrected chi connectivity index (χ0v) is 10.9. The van der Waals surface area contributed by atoms with Crippen molar-refractivity contribution < 1.29 is 14.3 Å². The second-order valence-corrected chi connectivity index (χ2v) is 3.87. The minimum atomic E-state index is -0.404. The molecule has 6 heteroatoms. The number of ether oxygens (including phenoxy) is 1. The number of methoxy groups -OCH3 is 1. The van der Waals surface area contributed by atoms with Gasteiger partial charge in [0, 0.05) is 25.9 Å². The average Bonchev–Trinajstić information content (AvgIpc) is 2.42. The number of hydrogen-bond donors (Lipinski definition) is 3. The summed E-state index contributed by atoms with van der Waals surface area (Å²) < 4.78 is 4.86. The van der Waals surface area contributed by atoms with E-state index < -0.39 is 6.03 Å². The van der Waals surface area contributed by atoms with E-state index in [2.05, 4.69) is 16.0 Å². The van der Waals surface area contributed by atoms with Crippen molar-refractivity contribution >= 4 is 17.6 Å². The fourth-order valence-corrected chi connectivity index (χ4v) is 1.36. The van der Waals surface area contributed by atoms with Gasteiger partial charge in [-0.15, -0.1) is 0 Å². The summed E-state index contributed by atoms with van der Waals surface area (Å²) in [5.74, 6) is -0.223. The topological polar surface area (TPSA) is 79.5 Å². The number of carbonyl (C=O) groups excluding carboxylic acids is 2. The van der Waals surface area contributed by atoms with E-state index in [4.69, 9.17) is 4.74 Å². The Hall–Kier alpha value is -2.08. The fourth-order valence-electron chi connectivity index (χ4n) is 1.36. The zero-order valence-electron chi connectivity index (χ0n) is 10.9. The van der Waals surface area contributed by atoms with Crippen LogP contribution in [-0.4, -0.2) is 38.7 Å². The first kappa shape index (κ1) is 15.0. The largest absolute Gasteiger partial charge is 0.385 e. The third-order valence-corrected chi connectivity index (χ3v) is 2.29. The molecular formula is C13H19N3O3. The van der Waals surface area contributed by atoms with E-state index in [0.717, 1.165) is 6.42 Å². The van der Waals surface area contributed by atoms with Gasteiger partial charge in [0.1, 0.15) is 0 Å². The van der Waals surface area contributed by atoms with Crippen LogP contribution in [0.1, 0.15) is 6.42 Å². The van der Waals surface area contributed by atoms with E-state index in [1.165, 1.54) is 0 Å². The molecule has 0 aromatic heterocycles. The highest BCUT2D eigenvalue weighted by molar-refractivity contribution is 5.92. The number of nitrogens with one attached hydrogen (secondary N) is 3. The van der Waals surface area contributed by atoms with Gasteiger partial charge >= 0.3 is 6.03 Å². The van der Waals surface area contributed by atoms with Gasteiger partial charge in [-0.1, -0.05) is 18.2 Å². The van der Waals surface area contributed by atoms with Gasteiger partial charge in [0.25, 0.3) is 0 Å². The molecule has 0 aliphatic heterocycles. The molecule has 0 aliphatic rings. The first-order valence-electron chi connectivity index (χ1n) is 6.08. The quantitative estimate of drug-likeness (QED) is 0.642. The van der Waals surface area contributed by atoms with Crippen molar-refractivity contribution in [1.82, 2.24) is 10.6 Å². The molecule has 0 saturated carbocycles. The van der Waals surface area contributed by atoms with Crippen LogP contribution < -0.4 is 16.0 Å². The van der Waals surface area contributed by atoms with Crippen molar-refractivity contribution in [2.75, 3.05) is 32.1 Å². The van der Waals surface area contributed by atoms with Gasteiger partial charge in [0.2, 0.25) is 5.91 Å². The van der Waals surface area contributed by atoms with E-state index in [1.54, 1.807) is 19.2 Å². The van der Waals surface area contributed by atoms with Crippen molar-refractivity contribution in [2.24, 2.45) is 0 Å². The molecule has 3 N–H and O–H groups in total. The molecule has 0 saturated heterocycles. The highest BCUT2D eigenvalue weighted by atomic mass is 16.5. The minimum Gasteiger partial charge on any atom is -0.385 e. The van der Waals surface area contributed by atoms with Gasteiger partial charge in [0.15, 0.2) is 0 Å². The molecule has 0 radical (unpaired) electrons. The van der Waals surface area contributed by atoms with E-state index in [0.29, 0.717) is 18.8 Å². The van der Waals surface area contributed by atoms with Crippen molar-refractivity contribution in [1.29, 1.82) is 0 Å². The normalized spacial score (nSPS) is 9.74. The van der Waals surface area contributed by atoms with Crippen molar-refractivity contribution in [3.8, 4) is 0 Å². The summed E-state index contributed by atoms with van der Waals surface area (Å²) in [4.78, 5) is 22.8. The van der Waals surface area contributed by atoms with Crippen LogP contribution in [0.4, 0.5) is 10.5 Å². The Bertz CT molecular complexity index is 395. The van der Waals surface area contributed by atoms with Gasteiger partial charge < -0.3 is 20.7 Å². The molecule has 104 valence electrons. The number of para-hydroxylation sites is 1. The van der Waals surface area contributed by atoms with Crippen molar-refractivity contribution in [2.45, 2.75) is 6.42 Å². The number of benzene rings is 1. The van der Waals surface area contributed by atoms with Crippen LogP contribution in [0.5, 0.6) is 0 Å². The standard InChI is InChI=1S/C13H19N3O3/c1-19-9-5-8-14-12(17)10-15-13(18)16-11-6-3-2-4-7-11/h2-4,6-7H,5,8-10H2,1H3,(H,14,17)(H2,15,16,18). The van der Waals surface area contributed by atoms with Crippen molar-refractivity contribution in [3.05, 3.63) is 30.3 Å². The summed E-state index contributed by atoms with van der Waals surface area (Å²) in [7, 11) is 1.61. The molecule has 1 rings (SSSR count). The Morgan fingerprint density at radius 3 is 2.58 bits per heavy atom. The molecule has 0 fully saturated rings. The molecule has 0 bridgehead atoms. The highest BCUT2D eigenvalue weighted by Gasteiger charge is 2.04. The van der Waals surface area contributed by atoms with Gasteiger partial charge in [-0.2, -0.15) is 0 Å². The molecule has 0 aliphatic carbocycles. The summed E-state index contributed by atoms with van der Waals surface area (Å²) in [6.45, 7) is 1.09. The lowest BCUT2D eigenvalue weighted by Gasteiger charge is -2.08. The smallest absolute Gasteiger partial charge is 0.319 e. The van der Waals surface area contributed by atoms with Crippen LogP contribution in [0.3, 0.4) is 0 Å². The molecule has 0 spiro atoms. The second kappa shape index (κ2) is 8.93. The third-order valence-electron chi connectivity index (χ3n) is 2.29. The molecule has 19 heavy (non-hydrogen) atoms. The number of urea groups is 1. The lowest BCUT2D eigenvalue weighted by molar-refractivity contribution is -0.120. The van der Waals surface area contributed by atoms with E-state index in [9.17, 15) is 9.59 Å². The maximum Gasteiger partial charge on any atom is 0.319 e. The van der Waals surface area contributed by atoms with Crippen LogP contribution in [0, 0.1) is 0 Å². The second-order valence-electron chi connectivity index (χ2n) is 3.87. The van der Waals surface area contributed by atoms with Crippen LogP contribution in [0.2, 0.25) is 0 Å².